The first-order chi connectivity index (χ1) is 43.4. The Morgan fingerprint density at radius 1 is 0.393 bits per heavy atom. The molecule has 89 heavy (non-hydrogen) atoms. The molecule has 0 aromatic rings. The van der Waals surface area contributed by atoms with Gasteiger partial charge in [0.2, 0.25) is 5.91 Å². The third kappa shape index (κ3) is 70.1. The van der Waals surface area contributed by atoms with E-state index in [4.69, 9.17) is 13.8 Å². The number of hydrogen-bond acceptors (Lipinski definition) is 6. The van der Waals surface area contributed by atoms with Gasteiger partial charge in [-0.2, -0.15) is 0 Å². The van der Waals surface area contributed by atoms with E-state index in [1.165, 1.54) is 289 Å². The van der Waals surface area contributed by atoms with Gasteiger partial charge in [0.25, 0.3) is 0 Å². The molecule has 0 aromatic carbocycles. The first-order valence-corrected chi connectivity index (χ1v) is 40.5. The molecule has 2 N–H and O–H groups in total. The van der Waals surface area contributed by atoms with E-state index in [0.29, 0.717) is 23.9 Å². The van der Waals surface area contributed by atoms with E-state index >= 15 is 0 Å². The molecule has 0 fully saturated rings. The number of nitrogens with one attached hydrogen (secondary N) is 1. The number of phosphoric acid groups is 1. The maximum atomic E-state index is 13.7. The van der Waals surface area contributed by atoms with Crippen LogP contribution < -0.4 is 5.32 Å². The molecule has 0 radical (unpaired) electrons. The van der Waals surface area contributed by atoms with Gasteiger partial charge in [0.05, 0.1) is 33.8 Å². The Morgan fingerprint density at radius 2 is 0.685 bits per heavy atom. The monoisotopic (exact) mass is 1270 g/mol. The lowest BCUT2D eigenvalue weighted by Crippen LogP contribution is -2.47. The predicted molar refractivity (Wildman–Crippen MR) is 388 cm³/mol. The summed E-state index contributed by atoms with van der Waals surface area (Å²) in [6.07, 6.45) is 88.5. The Bertz CT molecular complexity index is 1660. The summed E-state index contributed by atoms with van der Waals surface area (Å²) in [5, 5.41) is 3.09. The van der Waals surface area contributed by atoms with Crippen LogP contribution in [0.2, 0.25) is 0 Å². The molecule has 0 saturated heterocycles. The molecule has 0 bridgehead atoms. The van der Waals surface area contributed by atoms with E-state index in [1.807, 2.05) is 27.2 Å². The third-order valence-corrected chi connectivity index (χ3v) is 18.8. The minimum atomic E-state index is -4.46. The molecule has 0 heterocycles. The maximum absolute atomic E-state index is 13.7. The zero-order valence-corrected chi connectivity index (χ0v) is 61.1. The summed E-state index contributed by atoms with van der Waals surface area (Å²) in [5.41, 5.74) is 0. The highest BCUT2D eigenvalue weighted by Gasteiger charge is 2.30. The van der Waals surface area contributed by atoms with Crippen molar-refractivity contribution in [1.82, 2.24) is 5.32 Å². The highest BCUT2D eigenvalue weighted by molar-refractivity contribution is 7.47. The van der Waals surface area contributed by atoms with E-state index in [9.17, 15) is 19.0 Å². The second-order valence-corrected chi connectivity index (χ2v) is 29.3. The van der Waals surface area contributed by atoms with Crippen molar-refractivity contribution >= 4 is 19.7 Å². The Kier molecular flexibility index (Phi) is 67.2. The molecule has 0 rings (SSSR count). The number of quaternary nitrogens is 1. The first-order valence-electron chi connectivity index (χ1n) is 39.0. The van der Waals surface area contributed by atoms with E-state index in [1.54, 1.807) is 0 Å². The van der Waals surface area contributed by atoms with E-state index in [-0.39, 0.29) is 25.1 Å². The molecule has 10 heteroatoms. The summed E-state index contributed by atoms with van der Waals surface area (Å²) in [6.45, 7) is 7.06. The zero-order valence-electron chi connectivity index (χ0n) is 60.2. The normalized spacial score (nSPS) is 13.7. The van der Waals surface area contributed by atoms with Crippen molar-refractivity contribution in [2.45, 2.75) is 405 Å². The second kappa shape index (κ2) is 68.8. The molecule has 1 amide bonds. The highest BCUT2D eigenvalue weighted by Crippen LogP contribution is 2.43. The largest absolute Gasteiger partial charge is 0.472 e. The van der Waals surface area contributed by atoms with Crippen LogP contribution in [-0.4, -0.2) is 74.3 Å². The van der Waals surface area contributed by atoms with Gasteiger partial charge in [-0.15, -0.1) is 0 Å². The van der Waals surface area contributed by atoms with Crippen molar-refractivity contribution in [2.75, 3.05) is 40.9 Å². The topological polar surface area (TPSA) is 111 Å². The fourth-order valence-corrected chi connectivity index (χ4v) is 12.5. The number of likely N-dealkylation sites (N-methyl/N-ethyl adjacent to an activating group) is 1. The second-order valence-electron chi connectivity index (χ2n) is 27.9. The van der Waals surface area contributed by atoms with Gasteiger partial charge in [-0.1, -0.05) is 359 Å². The molecular weight excluding hydrogens is 1120 g/mol. The maximum Gasteiger partial charge on any atom is 0.472 e. The number of ether oxygens (including phenoxy) is 1. The van der Waals surface area contributed by atoms with Crippen molar-refractivity contribution in [3.05, 3.63) is 48.6 Å². The standard InChI is InChI=1S/C79H151N2O7P/c1-7-10-13-16-19-22-25-28-30-32-34-36-38-40-42-44-46-48-50-53-56-59-62-65-68-71-78(82)80-76(75-87-89(84,85)86-74-73-81(4,5)6)77(70-67-64-61-58-55-52-27-24-21-18-15-12-9-3)88-79(83)72-69-66-63-60-57-54-51-49-47-45-43-41-39-37-35-33-31-29-26-23-20-17-14-11-8-2/h20,23,29,31,35,37,67,70,76-77H,7-19,21-22,24-28,30,32-34,36,38-66,68-69,71-75H2,1-6H3,(H-,80,82,84,85)/p+1/b23-20-,31-29-,37-35-,70-67+. The molecular formula is C79H152N2O7P+. The van der Waals surface area contributed by atoms with Crippen molar-refractivity contribution in [1.29, 1.82) is 0 Å². The van der Waals surface area contributed by atoms with E-state index in [2.05, 4.69) is 68.6 Å². The summed E-state index contributed by atoms with van der Waals surface area (Å²) in [5.74, 6) is -0.485. The molecule has 0 spiro atoms. The summed E-state index contributed by atoms with van der Waals surface area (Å²) >= 11 is 0. The fourth-order valence-electron chi connectivity index (χ4n) is 11.8. The fraction of sp³-hybridized carbons (Fsp3) is 0.873. The van der Waals surface area contributed by atoms with Gasteiger partial charge in [0.15, 0.2) is 0 Å². The molecule has 0 aliphatic heterocycles. The molecule has 0 saturated carbocycles. The van der Waals surface area contributed by atoms with Crippen LogP contribution in [-0.2, 0) is 27.9 Å². The number of esters is 1. The average molecular weight is 1270 g/mol. The molecule has 9 nitrogen and oxygen atoms in total. The lowest BCUT2D eigenvalue weighted by atomic mass is 10.0. The van der Waals surface area contributed by atoms with Gasteiger partial charge < -0.3 is 19.4 Å². The molecule has 3 atom stereocenters. The number of allylic oxidation sites excluding steroid dienone is 7. The lowest BCUT2D eigenvalue weighted by Gasteiger charge is -2.27. The van der Waals surface area contributed by atoms with Gasteiger partial charge in [-0.3, -0.25) is 18.6 Å². The smallest absolute Gasteiger partial charge is 0.456 e. The summed E-state index contributed by atoms with van der Waals surface area (Å²) < 4.78 is 30.9. The number of unbranched alkanes of at least 4 members (excludes halogenated alkanes) is 50. The van der Waals surface area contributed by atoms with Crippen molar-refractivity contribution in [2.24, 2.45) is 0 Å². The molecule has 0 aliphatic carbocycles. The Hall–Kier alpha value is -2.03. The van der Waals surface area contributed by atoms with Gasteiger partial charge in [-0.25, -0.2) is 4.57 Å². The molecule has 0 aromatic heterocycles. The van der Waals surface area contributed by atoms with Crippen LogP contribution in [0, 0.1) is 0 Å². The quantitative estimate of drug-likeness (QED) is 0.0205. The third-order valence-electron chi connectivity index (χ3n) is 17.8. The van der Waals surface area contributed by atoms with Crippen LogP contribution in [0.15, 0.2) is 48.6 Å². The van der Waals surface area contributed by atoms with E-state index in [0.717, 1.165) is 70.6 Å². The number of nitrogens with zero attached hydrogens (tertiary/aromatic N) is 1. The van der Waals surface area contributed by atoms with Crippen LogP contribution in [0.1, 0.15) is 393 Å². The van der Waals surface area contributed by atoms with E-state index < -0.39 is 20.0 Å². The summed E-state index contributed by atoms with van der Waals surface area (Å²) in [7, 11) is 1.51. The highest BCUT2D eigenvalue weighted by atomic mass is 31.2. The Morgan fingerprint density at radius 3 is 1.04 bits per heavy atom. The minimum Gasteiger partial charge on any atom is -0.456 e. The number of hydrogen-bond donors (Lipinski definition) is 2. The van der Waals surface area contributed by atoms with Crippen LogP contribution in [0.4, 0.5) is 0 Å². The lowest BCUT2D eigenvalue weighted by molar-refractivity contribution is -0.870. The Labute approximate surface area is 554 Å². The SMILES string of the molecule is CCCCC/C=C\C/C=C\C/C=C\CCCCCCCCCCCCCCC(=O)OC(/C=C/CCCCCCCCCCCCC)C(COP(=O)(O)OCC[N+](C)(C)C)NC(=O)CCCCCCCCCCCCCCCCCCCCCCCCCCC. The van der Waals surface area contributed by atoms with Crippen LogP contribution in [0.5, 0.6) is 0 Å². The molecule has 524 valence electrons. The molecule has 3 unspecified atom stereocenters. The average Bonchev–Trinajstić information content (AvgIpc) is 3.54. The number of amides is 1. The van der Waals surface area contributed by atoms with Gasteiger partial charge in [-0.05, 0) is 70.3 Å². The van der Waals surface area contributed by atoms with Crippen molar-refractivity contribution in [3.63, 3.8) is 0 Å². The van der Waals surface area contributed by atoms with Crippen molar-refractivity contribution < 1.29 is 37.3 Å². The number of carbonyl (C=O) groups is 2. The van der Waals surface area contributed by atoms with Gasteiger partial charge >= 0.3 is 13.8 Å². The Balaban J connectivity index is 4.98. The number of carbonyl (C=O) groups excluding carboxylic acids is 2. The minimum absolute atomic E-state index is 0.0423. The van der Waals surface area contributed by atoms with Crippen LogP contribution in [0.25, 0.3) is 0 Å². The van der Waals surface area contributed by atoms with Crippen LogP contribution >= 0.6 is 7.82 Å². The zero-order chi connectivity index (χ0) is 64.9. The first kappa shape index (κ1) is 87.0. The number of rotatable bonds is 72. The van der Waals surface area contributed by atoms with Gasteiger partial charge in [0.1, 0.15) is 19.3 Å². The molecule has 0 aliphatic rings. The summed E-state index contributed by atoms with van der Waals surface area (Å²) in [6, 6.07) is -0.848. The van der Waals surface area contributed by atoms with Crippen molar-refractivity contribution in [3.8, 4) is 0 Å². The van der Waals surface area contributed by atoms with Crippen LogP contribution in [0.3, 0.4) is 0 Å². The summed E-state index contributed by atoms with van der Waals surface area (Å²) in [4.78, 5) is 38.0. The van der Waals surface area contributed by atoms with Gasteiger partial charge in [0, 0.05) is 12.8 Å². The predicted octanol–water partition coefficient (Wildman–Crippen LogP) is 25.1. The number of phosphoric ester groups is 1.